The zero-order valence-corrected chi connectivity index (χ0v) is 12.1. The number of rotatable bonds is 5. The first-order chi connectivity index (χ1) is 9.99. The van der Waals surface area contributed by atoms with Crippen molar-refractivity contribution < 1.29 is 8.42 Å². The van der Waals surface area contributed by atoms with Crippen molar-refractivity contribution in [2.45, 2.75) is 23.8 Å². The fraction of sp³-hybridized carbons (Fsp3) is 0.286. The monoisotopic (exact) mass is 304 g/mol. The van der Waals surface area contributed by atoms with Crippen LogP contribution in [0.5, 0.6) is 0 Å². The Morgan fingerprint density at radius 1 is 1.38 bits per heavy atom. The minimum atomic E-state index is -3.73. The molecule has 3 rings (SSSR count). The second kappa shape index (κ2) is 5.09. The predicted molar refractivity (Wildman–Crippen MR) is 80.5 cm³/mol. The van der Waals surface area contributed by atoms with E-state index in [2.05, 4.69) is 9.71 Å². The van der Waals surface area contributed by atoms with Gasteiger partial charge in [-0.1, -0.05) is 12.1 Å². The van der Waals surface area contributed by atoms with Gasteiger partial charge in [-0.15, -0.1) is 0 Å². The van der Waals surface area contributed by atoms with Gasteiger partial charge in [0.2, 0.25) is 10.0 Å². The Kier molecular flexibility index (Phi) is 3.38. The zero-order valence-electron chi connectivity index (χ0n) is 11.3. The molecule has 1 aromatic carbocycles. The Bertz CT molecular complexity index is 794. The minimum absolute atomic E-state index is 0.133. The van der Waals surface area contributed by atoms with Crippen molar-refractivity contribution in [1.29, 1.82) is 5.41 Å². The Balaban J connectivity index is 2.02. The molecule has 0 radical (unpaired) electrons. The van der Waals surface area contributed by atoms with Crippen molar-refractivity contribution in [1.82, 2.24) is 9.71 Å². The first kappa shape index (κ1) is 14.0. The zero-order chi connectivity index (χ0) is 15.0. The number of nitrogens with one attached hydrogen (secondary N) is 2. The molecule has 1 aliphatic rings. The van der Waals surface area contributed by atoms with Crippen molar-refractivity contribution in [2.75, 3.05) is 0 Å². The van der Waals surface area contributed by atoms with E-state index in [0.29, 0.717) is 5.39 Å². The molecule has 0 aliphatic heterocycles. The van der Waals surface area contributed by atoms with Crippen molar-refractivity contribution in [3.63, 3.8) is 0 Å². The maximum Gasteiger partial charge on any atom is 0.241 e. The lowest BCUT2D eigenvalue weighted by atomic mass is 10.2. The molecular formula is C14H16N4O2S. The summed E-state index contributed by atoms with van der Waals surface area (Å²) in [7, 11) is -3.73. The molecule has 0 amide bonds. The number of aromatic nitrogens is 1. The fourth-order valence-corrected chi connectivity index (χ4v) is 3.91. The van der Waals surface area contributed by atoms with Gasteiger partial charge in [0.1, 0.15) is 5.84 Å². The molecule has 4 N–H and O–H groups in total. The summed E-state index contributed by atoms with van der Waals surface area (Å²) in [5.41, 5.74) is 5.52. The smallest absolute Gasteiger partial charge is 0.241 e. The van der Waals surface area contributed by atoms with Gasteiger partial charge in [0.05, 0.1) is 10.9 Å². The normalized spacial score (nSPS) is 16.8. The van der Waals surface area contributed by atoms with Gasteiger partial charge in [0, 0.05) is 23.2 Å². The van der Waals surface area contributed by atoms with Crippen LogP contribution < -0.4 is 10.5 Å². The SMILES string of the molecule is N=C(N)C(NS(=O)(=O)c1cccc2cnccc12)C1CC1. The number of hydrogen-bond acceptors (Lipinski definition) is 4. The van der Waals surface area contributed by atoms with E-state index < -0.39 is 16.1 Å². The first-order valence-corrected chi connectivity index (χ1v) is 8.16. The van der Waals surface area contributed by atoms with Gasteiger partial charge in [-0.2, -0.15) is 0 Å². The third kappa shape index (κ3) is 2.74. The van der Waals surface area contributed by atoms with Crippen molar-refractivity contribution >= 4 is 26.6 Å². The maximum atomic E-state index is 12.6. The van der Waals surface area contributed by atoms with Gasteiger partial charge in [0.15, 0.2) is 0 Å². The quantitative estimate of drug-likeness (QED) is 0.570. The molecule has 0 spiro atoms. The van der Waals surface area contributed by atoms with Crippen molar-refractivity contribution in [2.24, 2.45) is 11.7 Å². The number of nitrogens with two attached hydrogens (primary N) is 1. The first-order valence-electron chi connectivity index (χ1n) is 6.68. The minimum Gasteiger partial charge on any atom is -0.386 e. The van der Waals surface area contributed by atoms with E-state index in [-0.39, 0.29) is 16.6 Å². The highest BCUT2D eigenvalue weighted by atomic mass is 32.2. The number of sulfonamides is 1. The van der Waals surface area contributed by atoms with Crippen LogP contribution in [-0.2, 0) is 10.0 Å². The average Bonchev–Trinajstić information content (AvgIpc) is 3.28. The molecule has 0 bridgehead atoms. The molecule has 6 nitrogen and oxygen atoms in total. The highest BCUT2D eigenvalue weighted by Gasteiger charge is 2.36. The van der Waals surface area contributed by atoms with Crippen LogP contribution in [0.15, 0.2) is 41.6 Å². The van der Waals surface area contributed by atoms with Gasteiger partial charge >= 0.3 is 0 Å². The maximum absolute atomic E-state index is 12.6. The number of fused-ring (bicyclic) bond motifs is 1. The average molecular weight is 304 g/mol. The van der Waals surface area contributed by atoms with E-state index in [4.69, 9.17) is 11.1 Å². The van der Waals surface area contributed by atoms with Crippen molar-refractivity contribution in [3.05, 3.63) is 36.7 Å². The number of benzene rings is 1. The molecule has 21 heavy (non-hydrogen) atoms. The summed E-state index contributed by atoms with van der Waals surface area (Å²) in [6, 6.07) is 6.09. The van der Waals surface area contributed by atoms with Crippen LogP contribution in [-0.4, -0.2) is 25.3 Å². The van der Waals surface area contributed by atoms with E-state index in [1.54, 1.807) is 30.6 Å². The van der Waals surface area contributed by atoms with Gasteiger partial charge in [-0.3, -0.25) is 10.4 Å². The highest BCUT2D eigenvalue weighted by Crippen LogP contribution is 2.33. The van der Waals surface area contributed by atoms with Gasteiger partial charge in [0.25, 0.3) is 0 Å². The Hall–Kier alpha value is -1.99. The topological polar surface area (TPSA) is 109 Å². The Morgan fingerprint density at radius 2 is 2.14 bits per heavy atom. The fourth-order valence-electron chi connectivity index (χ4n) is 2.40. The van der Waals surface area contributed by atoms with E-state index in [9.17, 15) is 8.42 Å². The Labute approximate surface area is 122 Å². The van der Waals surface area contributed by atoms with Gasteiger partial charge < -0.3 is 5.73 Å². The van der Waals surface area contributed by atoms with Gasteiger partial charge in [-0.05, 0) is 30.9 Å². The molecule has 1 fully saturated rings. The Morgan fingerprint density at radius 3 is 2.81 bits per heavy atom. The lowest BCUT2D eigenvalue weighted by Gasteiger charge is -2.17. The van der Waals surface area contributed by atoms with Crippen LogP contribution in [0.1, 0.15) is 12.8 Å². The summed E-state index contributed by atoms with van der Waals surface area (Å²) in [4.78, 5) is 4.18. The highest BCUT2D eigenvalue weighted by molar-refractivity contribution is 7.89. The van der Waals surface area contributed by atoms with Crippen LogP contribution in [0.25, 0.3) is 10.8 Å². The van der Waals surface area contributed by atoms with E-state index in [1.807, 2.05) is 6.07 Å². The van der Waals surface area contributed by atoms with E-state index in [1.165, 1.54) is 0 Å². The lowest BCUT2D eigenvalue weighted by molar-refractivity contribution is 0.564. The molecule has 2 aromatic rings. The number of pyridine rings is 1. The molecule has 1 aromatic heterocycles. The summed E-state index contributed by atoms with van der Waals surface area (Å²) in [5.74, 6) is -0.00287. The van der Waals surface area contributed by atoms with Gasteiger partial charge in [-0.25, -0.2) is 13.1 Å². The summed E-state index contributed by atoms with van der Waals surface area (Å²) in [5, 5.41) is 8.93. The molecule has 110 valence electrons. The number of hydrogen-bond donors (Lipinski definition) is 3. The van der Waals surface area contributed by atoms with E-state index in [0.717, 1.165) is 18.2 Å². The molecule has 7 heteroatoms. The third-order valence-corrected chi connectivity index (χ3v) is 5.14. The van der Waals surface area contributed by atoms with Crippen LogP contribution in [0.4, 0.5) is 0 Å². The summed E-state index contributed by atoms with van der Waals surface area (Å²) in [6.07, 6.45) is 4.97. The molecular weight excluding hydrogens is 288 g/mol. The number of amidine groups is 1. The van der Waals surface area contributed by atoms with Crippen LogP contribution in [0, 0.1) is 11.3 Å². The predicted octanol–water partition coefficient (Wildman–Crippen LogP) is 1.23. The van der Waals surface area contributed by atoms with Crippen LogP contribution >= 0.6 is 0 Å². The summed E-state index contributed by atoms with van der Waals surface area (Å²) in [6.45, 7) is 0. The van der Waals surface area contributed by atoms with Crippen LogP contribution in [0.2, 0.25) is 0 Å². The lowest BCUT2D eigenvalue weighted by Crippen LogP contribution is -2.45. The van der Waals surface area contributed by atoms with E-state index >= 15 is 0 Å². The molecule has 0 saturated heterocycles. The molecule has 1 aliphatic carbocycles. The second-order valence-corrected chi connectivity index (χ2v) is 6.93. The molecule has 1 unspecified atom stereocenters. The molecule has 1 atom stereocenters. The largest absolute Gasteiger partial charge is 0.386 e. The summed E-state index contributed by atoms with van der Waals surface area (Å²) >= 11 is 0. The molecule has 1 heterocycles. The standard InChI is InChI=1S/C14H16N4O2S/c15-14(16)13(9-4-5-9)18-21(19,20)12-3-1-2-10-8-17-7-6-11(10)12/h1-3,6-9,13,18H,4-5H2,(H3,15,16). The van der Waals surface area contributed by atoms with Crippen molar-refractivity contribution in [3.8, 4) is 0 Å². The van der Waals surface area contributed by atoms with Crippen LogP contribution in [0.3, 0.4) is 0 Å². The number of nitrogens with zero attached hydrogens (tertiary/aromatic N) is 1. The molecule has 1 saturated carbocycles. The summed E-state index contributed by atoms with van der Waals surface area (Å²) < 4.78 is 27.8. The second-order valence-electron chi connectivity index (χ2n) is 5.24. The third-order valence-electron chi connectivity index (χ3n) is 3.64.